The van der Waals surface area contributed by atoms with Crippen LogP contribution in [0.5, 0.6) is 5.75 Å². The molecule has 1 aliphatic heterocycles. The van der Waals surface area contributed by atoms with E-state index in [1.165, 1.54) is 37.5 Å². The van der Waals surface area contributed by atoms with Gasteiger partial charge in [-0.05, 0) is 37.1 Å². The Balaban J connectivity index is 1.78. The van der Waals surface area contributed by atoms with Crippen LogP contribution in [0.4, 0.5) is 5.69 Å². The molecule has 1 spiro atoms. The maximum absolute atomic E-state index is 13.0. The van der Waals surface area contributed by atoms with Crippen LogP contribution in [0, 0.1) is 0 Å². The van der Waals surface area contributed by atoms with Gasteiger partial charge in [0.05, 0.1) is 5.56 Å². The van der Waals surface area contributed by atoms with Crippen LogP contribution < -0.4 is 5.32 Å². The number of phenols is 1. The van der Waals surface area contributed by atoms with Crippen molar-refractivity contribution in [1.82, 2.24) is 4.90 Å². The zero-order chi connectivity index (χ0) is 17.9. The van der Waals surface area contributed by atoms with Crippen LogP contribution in [0.25, 0.3) is 0 Å². The number of anilines is 1. The summed E-state index contributed by atoms with van der Waals surface area (Å²) in [6, 6.07) is 4.55. The van der Waals surface area contributed by atoms with E-state index in [0.29, 0.717) is 12.2 Å². The monoisotopic (exact) mass is 360 g/mol. The van der Waals surface area contributed by atoms with Gasteiger partial charge in [0, 0.05) is 29.3 Å². The van der Waals surface area contributed by atoms with Crippen LogP contribution in [0.15, 0.2) is 30.9 Å². The molecule has 0 atom stereocenters. The molecule has 2 aliphatic rings. The maximum atomic E-state index is 13.0. The van der Waals surface area contributed by atoms with E-state index in [0.717, 1.165) is 25.1 Å². The lowest BCUT2D eigenvalue weighted by Crippen LogP contribution is -2.49. The van der Waals surface area contributed by atoms with Crippen molar-refractivity contribution in [2.24, 2.45) is 0 Å². The Labute approximate surface area is 152 Å². The number of phenolic OH excluding ortho intramolecular Hbond substituents is 1. The molecule has 0 unspecified atom stereocenters. The Bertz CT molecular complexity index is 678. The molecule has 2 amide bonds. The minimum Gasteiger partial charge on any atom is -0.507 e. The van der Waals surface area contributed by atoms with E-state index in [4.69, 9.17) is 0 Å². The zero-order valence-corrected chi connectivity index (χ0v) is 15.1. The van der Waals surface area contributed by atoms with E-state index in [1.807, 2.05) is 16.7 Å². The summed E-state index contributed by atoms with van der Waals surface area (Å²) in [6.45, 7) is 4.84. The lowest BCUT2D eigenvalue weighted by Gasteiger charge is -2.44. The summed E-state index contributed by atoms with van der Waals surface area (Å²) in [7, 11) is 0. The number of hydrogen-bond acceptors (Lipinski definition) is 4. The van der Waals surface area contributed by atoms with Gasteiger partial charge in [-0.25, -0.2) is 0 Å². The highest BCUT2D eigenvalue weighted by Gasteiger charge is 2.39. The van der Waals surface area contributed by atoms with Crippen LogP contribution in [-0.2, 0) is 4.79 Å². The van der Waals surface area contributed by atoms with Gasteiger partial charge in [0.2, 0.25) is 5.91 Å². The normalized spacial score (nSPS) is 19.4. The lowest BCUT2D eigenvalue weighted by molar-refractivity contribution is -0.111. The summed E-state index contributed by atoms with van der Waals surface area (Å²) in [6.07, 6.45) is 7.21. The minimum absolute atomic E-state index is 0.0578. The van der Waals surface area contributed by atoms with Gasteiger partial charge in [-0.3, -0.25) is 9.59 Å². The third-order valence-corrected chi connectivity index (χ3v) is 6.52. The molecule has 6 heteroatoms. The number of thioether (sulfide) groups is 1. The van der Waals surface area contributed by atoms with Gasteiger partial charge >= 0.3 is 0 Å². The number of amides is 2. The van der Waals surface area contributed by atoms with E-state index in [9.17, 15) is 14.7 Å². The van der Waals surface area contributed by atoms with Crippen LogP contribution in [0.1, 0.15) is 42.5 Å². The highest BCUT2D eigenvalue weighted by molar-refractivity contribution is 8.00. The van der Waals surface area contributed by atoms with Crippen molar-refractivity contribution in [2.75, 3.05) is 24.2 Å². The third-order valence-electron chi connectivity index (χ3n) is 4.98. The zero-order valence-electron chi connectivity index (χ0n) is 14.3. The Kier molecular flexibility index (Phi) is 5.37. The van der Waals surface area contributed by atoms with Crippen LogP contribution in [0.2, 0.25) is 0 Å². The van der Waals surface area contributed by atoms with Crippen molar-refractivity contribution in [3.05, 3.63) is 36.4 Å². The molecule has 1 saturated heterocycles. The highest BCUT2D eigenvalue weighted by Crippen LogP contribution is 2.43. The number of hydrogen-bond donors (Lipinski definition) is 2. The summed E-state index contributed by atoms with van der Waals surface area (Å²) in [4.78, 5) is 26.3. The molecular weight excluding hydrogens is 336 g/mol. The number of aromatic hydroxyl groups is 1. The Morgan fingerprint density at radius 1 is 1.28 bits per heavy atom. The van der Waals surface area contributed by atoms with Gasteiger partial charge in [0.1, 0.15) is 5.75 Å². The van der Waals surface area contributed by atoms with E-state index in [-0.39, 0.29) is 27.9 Å². The second-order valence-electron chi connectivity index (χ2n) is 6.74. The highest BCUT2D eigenvalue weighted by atomic mass is 32.2. The average molecular weight is 360 g/mol. The Morgan fingerprint density at radius 3 is 2.76 bits per heavy atom. The number of benzene rings is 1. The van der Waals surface area contributed by atoms with Crippen LogP contribution in [-0.4, -0.2) is 45.4 Å². The molecule has 2 N–H and O–H groups in total. The van der Waals surface area contributed by atoms with Crippen molar-refractivity contribution in [3.63, 3.8) is 0 Å². The van der Waals surface area contributed by atoms with Crippen molar-refractivity contribution < 1.29 is 14.7 Å². The fourth-order valence-corrected chi connectivity index (χ4v) is 5.23. The van der Waals surface area contributed by atoms with E-state index < -0.39 is 0 Å². The van der Waals surface area contributed by atoms with Gasteiger partial charge < -0.3 is 15.3 Å². The Hall–Kier alpha value is -1.95. The molecule has 25 heavy (non-hydrogen) atoms. The summed E-state index contributed by atoms with van der Waals surface area (Å²) < 4.78 is 0.177. The molecule has 3 rings (SSSR count). The quantitative estimate of drug-likeness (QED) is 0.640. The van der Waals surface area contributed by atoms with Gasteiger partial charge in [0.25, 0.3) is 5.91 Å². The molecule has 1 aliphatic carbocycles. The second-order valence-corrected chi connectivity index (χ2v) is 8.31. The fraction of sp³-hybridized carbons (Fsp3) is 0.474. The topological polar surface area (TPSA) is 69.6 Å². The van der Waals surface area contributed by atoms with Gasteiger partial charge in [-0.1, -0.05) is 25.8 Å². The van der Waals surface area contributed by atoms with Gasteiger partial charge in [0.15, 0.2) is 0 Å². The molecule has 1 aromatic rings. The maximum Gasteiger partial charge on any atom is 0.257 e. The fourth-order valence-electron chi connectivity index (χ4n) is 3.67. The number of nitrogens with zero attached hydrogens (tertiary/aromatic N) is 1. The first kappa shape index (κ1) is 17.9. The Morgan fingerprint density at radius 2 is 2.04 bits per heavy atom. The van der Waals surface area contributed by atoms with E-state index in [1.54, 1.807) is 6.07 Å². The largest absolute Gasteiger partial charge is 0.507 e. The molecule has 0 bridgehead atoms. The molecule has 5 nitrogen and oxygen atoms in total. The van der Waals surface area contributed by atoms with Gasteiger partial charge in [-0.15, -0.1) is 0 Å². The number of rotatable bonds is 3. The predicted molar refractivity (Wildman–Crippen MR) is 101 cm³/mol. The first-order valence-corrected chi connectivity index (χ1v) is 9.71. The SMILES string of the molecule is C=CC(=O)Nc1ccc(O)c(C(=O)N2CCSC3(CCCCC3)C2)c1. The van der Waals surface area contributed by atoms with Crippen LogP contribution >= 0.6 is 11.8 Å². The number of nitrogens with one attached hydrogen (secondary N) is 1. The van der Waals surface area contributed by atoms with E-state index in [2.05, 4.69) is 11.9 Å². The molecule has 2 fully saturated rings. The smallest absolute Gasteiger partial charge is 0.257 e. The van der Waals surface area contributed by atoms with Crippen molar-refractivity contribution >= 4 is 29.3 Å². The molecule has 1 heterocycles. The summed E-state index contributed by atoms with van der Waals surface area (Å²) in [5, 5.41) is 12.8. The minimum atomic E-state index is -0.348. The summed E-state index contributed by atoms with van der Waals surface area (Å²) in [5.41, 5.74) is 0.713. The van der Waals surface area contributed by atoms with Crippen molar-refractivity contribution in [2.45, 2.75) is 36.9 Å². The third kappa shape index (κ3) is 4.00. The second kappa shape index (κ2) is 7.52. The van der Waals surface area contributed by atoms with Crippen LogP contribution in [0.3, 0.4) is 0 Å². The first-order valence-electron chi connectivity index (χ1n) is 8.73. The van der Waals surface area contributed by atoms with Crippen molar-refractivity contribution in [3.8, 4) is 5.75 Å². The summed E-state index contributed by atoms with van der Waals surface area (Å²) >= 11 is 2.00. The summed E-state index contributed by atoms with van der Waals surface area (Å²) in [5.74, 6) is 0.356. The molecule has 0 radical (unpaired) electrons. The average Bonchev–Trinajstić information content (AvgIpc) is 2.63. The molecule has 134 valence electrons. The standard InChI is InChI=1S/C19H24N2O3S/c1-2-17(23)20-14-6-7-16(22)15(12-14)18(24)21-10-11-25-19(13-21)8-4-3-5-9-19/h2,6-7,12,22H,1,3-5,8-11,13H2,(H,20,23). The number of carbonyl (C=O) groups is 2. The molecule has 0 aromatic heterocycles. The lowest BCUT2D eigenvalue weighted by atomic mass is 9.87. The molecule has 1 aromatic carbocycles. The van der Waals surface area contributed by atoms with Gasteiger partial charge in [-0.2, -0.15) is 11.8 Å². The molecular formula is C19H24N2O3S. The van der Waals surface area contributed by atoms with E-state index >= 15 is 0 Å². The molecule has 1 saturated carbocycles. The van der Waals surface area contributed by atoms with Crippen molar-refractivity contribution in [1.29, 1.82) is 0 Å². The number of carbonyl (C=O) groups excluding carboxylic acids is 2. The first-order chi connectivity index (χ1) is 12.0. The predicted octanol–water partition coefficient (Wildman–Crippen LogP) is 3.41.